The summed E-state index contributed by atoms with van der Waals surface area (Å²) in [4.78, 5) is 16.9. The van der Waals surface area contributed by atoms with Crippen molar-refractivity contribution in [2.75, 3.05) is 46.4 Å². The van der Waals surface area contributed by atoms with E-state index in [1.807, 2.05) is 12.1 Å². The van der Waals surface area contributed by atoms with E-state index < -0.39 is 18.8 Å². The van der Waals surface area contributed by atoms with Crippen LogP contribution in [0.5, 0.6) is 11.5 Å². The first-order valence-electron chi connectivity index (χ1n) is 19.9. The number of hydrogen-bond donors (Lipinski definition) is 2. The number of rotatable bonds is 14. The first kappa shape index (κ1) is 55.3. The first-order chi connectivity index (χ1) is 28.6. The SMILES string of the molecule is CO.O=C(CN1CCCC(CCc2ccc(OC(F)(F)F)cc2)C1)c1ccc(Cl)cc1.OC(CN1CCCC(CCc2ccc(OC(F)(F)F)cc2)C1)c1ccc(Cl)cc1.[B].[H-].[Na+]. The number of nitrogens with zero attached hydrogens (tertiary/aromatic N) is 2. The largest absolute Gasteiger partial charge is 1.00 e. The molecule has 3 atom stereocenters. The van der Waals surface area contributed by atoms with E-state index in [2.05, 4.69) is 19.3 Å². The van der Waals surface area contributed by atoms with Crippen LogP contribution in [0.2, 0.25) is 10.0 Å². The van der Waals surface area contributed by atoms with E-state index >= 15 is 0 Å². The van der Waals surface area contributed by atoms with Crippen LogP contribution in [0.3, 0.4) is 0 Å². The molecular formula is C45H53BCl2F6N2NaO5. The Morgan fingerprint density at radius 3 is 1.53 bits per heavy atom. The van der Waals surface area contributed by atoms with Gasteiger partial charge in [0.25, 0.3) is 0 Å². The summed E-state index contributed by atoms with van der Waals surface area (Å²) in [5, 5.41) is 18.7. The van der Waals surface area contributed by atoms with Gasteiger partial charge in [-0.2, -0.15) is 0 Å². The van der Waals surface area contributed by atoms with Crippen molar-refractivity contribution in [1.29, 1.82) is 0 Å². The maximum Gasteiger partial charge on any atom is 1.00 e. The van der Waals surface area contributed by atoms with Crippen molar-refractivity contribution < 1.29 is 81.8 Å². The number of likely N-dealkylation sites (tertiary alicyclic amines) is 2. The van der Waals surface area contributed by atoms with E-state index in [1.165, 1.54) is 24.3 Å². The molecule has 4 aromatic carbocycles. The predicted molar refractivity (Wildman–Crippen MR) is 228 cm³/mol. The molecule has 2 aliphatic heterocycles. The van der Waals surface area contributed by atoms with E-state index in [1.54, 1.807) is 60.7 Å². The smallest absolute Gasteiger partial charge is 1.00 e. The van der Waals surface area contributed by atoms with Crippen molar-refractivity contribution in [2.24, 2.45) is 11.8 Å². The average molecular weight is 921 g/mol. The molecule has 2 heterocycles. The summed E-state index contributed by atoms with van der Waals surface area (Å²) in [7, 11) is 1.00. The number of benzene rings is 4. The normalized spacial score (nSPS) is 17.4. The molecule has 62 heavy (non-hydrogen) atoms. The Hall–Kier alpha value is -2.79. The molecule has 0 amide bonds. The second-order valence-corrected chi connectivity index (χ2v) is 15.8. The molecule has 3 radical (unpaired) electrons. The number of aliphatic hydroxyl groups excluding tert-OH is 2. The Balaban J connectivity index is 0.000000580. The van der Waals surface area contributed by atoms with Crippen molar-refractivity contribution in [3.63, 3.8) is 0 Å². The van der Waals surface area contributed by atoms with E-state index in [4.69, 9.17) is 28.3 Å². The molecule has 4 aromatic rings. The minimum absolute atomic E-state index is 0. The molecule has 17 heteroatoms. The van der Waals surface area contributed by atoms with Crippen LogP contribution in [0.15, 0.2) is 97.1 Å². The number of carbonyl (C=O) groups excluding carboxylic acids is 1. The zero-order valence-corrected chi connectivity index (χ0v) is 38.5. The molecule has 0 aromatic heterocycles. The predicted octanol–water partition coefficient (Wildman–Crippen LogP) is 7.73. The van der Waals surface area contributed by atoms with Crippen LogP contribution in [-0.2, 0) is 12.8 Å². The number of aryl methyl sites for hydroxylation is 2. The number of halogens is 8. The Morgan fingerprint density at radius 2 is 1.10 bits per heavy atom. The fraction of sp³-hybridized carbons (Fsp3) is 0.444. The number of ether oxygens (including phenoxy) is 2. The van der Waals surface area contributed by atoms with E-state index in [0.717, 1.165) is 101 Å². The minimum atomic E-state index is -4.67. The number of β-amino-alcohol motifs (C(OH)–C–C–N with tert-alkyl or cyclic N) is 1. The van der Waals surface area contributed by atoms with Gasteiger partial charge in [0.2, 0.25) is 0 Å². The Labute approximate surface area is 396 Å². The van der Waals surface area contributed by atoms with Crippen LogP contribution in [0.25, 0.3) is 0 Å². The maximum absolute atomic E-state index is 12.5. The van der Waals surface area contributed by atoms with E-state index in [9.17, 15) is 36.2 Å². The molecule has 0 bridgehead atoms. The monoisotopic (exact) mass is 919 g/mol. The third-order valence-corrected chi connectivity index (χ3v) is 10.9. The van der Waals surface area contributed by atoms with Crippen LogP contribution < -0.4 is 39.0 Å². The fourth-order valence-corrected chi connectivity index (χ4v) is 7.76. The van der Waals surface area contributed by atoms with Gasteiger partial charge in [-0.05, 0) is 154 Å². The summed E-state index contributed by atoms with van der Waals surface area (Å²) in [5.41, 5.74) is 3.50. The van der Waals surface area contributed by atoms with Gasteiger partial charge in [-0.25, -0.2) is 0 Å². The summed E-state index contributed by atoms with van der Waals surface area (Å²) in [6.07, 6.45) is -2.04. The van der Waals surface area contributed by atoms with Gasteiger partial charge in [0.15, 0.2) is 5.78 Å². The Kier molecular flexibility index (Phi) is 24.6. The average Bonchev–Trinajstić information content (AvgIpc) is 3.21. The molecule has 0 spiro atoms. The van der Waals surface area contributed by atoms with Crippen molar-refractivity contribution in [3.8, 4) is 11.5 Å². The summed E-state index contributed by atoms with van der Waals surface area (Å²) in [6, 6.07) is 26.3. The molecular weight excluding hydrogens is 867 g/mol. The summed E-state index contributed by atoms with van der Waals surface area (Å²) < 4.78 is 81.2. The second kappa shape index (κ2) is 27.5. The summed E-state index contributed by atoms with van der Waals surface area (Å²) in [5.74, 6) is 0.662. The van der Waals surface area contributed by atoms with Crippen molar-refractivity contribution in [3.05, 3.63) is 129 Å². The van der Waals surface area contributed by atoms with Crippen LogP contribution in [0.1, 0.15) is 73.1 Å². The second-order valence-electron chi connectivity index (χ2n) is 15.0. The van der Waals surface area contributed by atoms with Crippen molar-refractivity contribution >= 4 is 37.4 Å². The van der Waals surface area contributed by atoms with Crippen LogP contribution in [-0.4, -0.2) is 93.3 Å². The molecule has 6 rings (SSSR count). The third kappa shape index (κ3) is 20.8. The van der Waals surface area contributed by atoms with Gasteiger partial charge in [-0.1, -0.05) is 59.6 Å². The first-order valence-corrected chi connectivity index (χ1v) is 20.6. The van der Waals surface area contributed by atoms with Gasteiger partial charge in [-0.3, -0.25) is 9.69 Å². The van der Waals surface area contributed by atoms with Gasteiger partial charge in [0.05, 0.1) is 12.6 Å². The number of Topliss-reactive ketones (excluding diaryl/α,β-unsaturated/α-hetero) is 1. The maximum atomic E-state index is 12.5. The fourth-order valence-electron chi connectivity index (χ4n) is 7.51. The molecule has 0 aliphatic carbocycles. The Morgan fingerprint density at radius 1 is 0.694 bits per heavy atom. The van der Waals surface area contributed by atoms with Crippen molar-refractivity contribution in [1.82, 2.24) is 9.80 Å². The number of piperidine rings is 2. The molecule has 7 nitrogen and oxygen atoms in total. The molecule has 2 aliphatic rings. The number of carbonyl (C=O) groups is 1. The molecule has 2 N–H and O–H groups in total. The van der Waals surface area contributed by atoms with Crippen LogP contribution >= 0.6 is 23.2 Å². The van der Waals surface area contributed by atoms with E-state index in [0.29, 0.717) is 40.5 Å². The van der Waals surface area contributed by atoms with E-state index in [-0.39, 0.29) is 56.7 Å². The summed E-state index contributed by atoms with van der Waals surface area (Å²) in [6.45, 7) is 4.61. The third-order valence-electron chi connectivity index (χ3n) is 10.4. The molecule has 333 valence electrons. The van der Waals surface area contributed by atoms with Crippen LogP contribution in [0, 0.1) is 11.8 Å². The molecule has 2 saturated heterocycles. The Bertz CT molecular complexity index is 1870. The standard InChI is InChI=1S/C22H25ClF3NO2.C22H23ClF3NO2.CH4O.B.Na.H/c2*23-19-9-7-18(8-10-19)21(28)15-27-13-1-2-17(14-27)4-3-16-5-11-20(12-6-16)29-22(24,25)26;1-2;;;/h5-12,17,21,28H,1-4,13-15H2;5-12,17H,1-4,13-15H2;2H,1H3;;;/q;;;;+1;-1. The topological polar surface area (TPSA) is 82.5 Å². The van der Waals surface area contributed by atoms with Gasteiger partial charge >= 0.3 is 42.3 Å². The van der Waals surface area contributed by atoms with Gasteiger partial charge in [0, 0.05) is 50.8 Å². The zero-order chi connectivity index (χ0) is 43.7. The minimum Gasteiger partial charge on any atom is -1.00 e. The number of aliphatic hydroxyl groups is 2. The number of alkyl halides is 6. The molecule has 2 fully saturated rings. The number of ketones is 1. The molecule has 3 unspecified atom stereocenters. The summed E-state index contributed by atoms with van der Waals surface area (Å²) >= 11 is 11.8. The molecule has 0 saturated carbocycles. The quantitative estimate of drug-likeness (QED) is 0.0762. The van der Waals surface area contributed by atoms with Crippen LogP contribution in [0.4, 0.5) is 26.3 Å². The zero-order valence-electron chi connectivity index (χ0n) is 36.0. The van der Waals surface area contributed by atoms with Gasteiger partial charge in [-0.15, -0.1) is 26.3 Å². The van der Waals surface area contributed by atoms with Crippen molar-refractivity contribution in [2.45, 2.75) is 70.2 Å². The number of hydrogen-bond acceptors (Lipinski definition) is 7. The van der Waals surface area contributed by atoms with Gasteiger partial charge < -0.3 is 26.0 Å². The van der Waals surface area contributed by atoms with Gasteiger partial charge in [0.1, 0.15) is 11.5 Å².